The van der Waals surface area contributed by atoms with Crippen LogP contribution in [0.15, 0.2) is 24.3 Å². The molecule has 27 heavy (non-hydrogen) atoms. The first-order chi connectivity index (χ1) is 13.0. The lowest BCUT2D eigenvalue weighted by Gasteiger charge is -2.16. The van der Waals surface area contributed by atoms with E-state index in [-0.39, 0.29) is 0 Å². The predicted octanol–water partition coefficient (Wildman–Crippen LogP) is 3.47. The smallest absolute Gasteiger partial charge is 0.220 e. The van der Waals surface area contributed by atoms with Crippen molar-refractivity contribution in [1.82, 2.24) is 9.97 Å². The Morgan fingerprint density at radius 1 is 0.963 bits per heavy atom. The second kappa shape index (κ2) is 7.57. The number of anilines is 2. The van der Waals surface area contributed by atoms with Gasteiger partial charge in [0.1, 0.15) is 0 Å². The van der Waals surface area contributed by atoms with E-state index in [2.05, 4.69) is 28.3 Å². The number of nitrogens with one attached hydrogen (secondary N) is 1. The number of methoxy groups -OCH3 is 3. The maximum atomic E-state index is 5.76. The molecule has 0 bridgehead atoms. The van der Waals surface area contributed by atoms with Crippen LogP contribution in [0.2, 0.25) is 0 Å². The van der Waals surface area contributed by atoms with E-state index in [1.165, 1.54) is 0 Å². The second-order valence-electron chi connectivity index (χ2n) is 6.18. The van der Waals surface area contributed by atoms with Gasteiger partial charge in [-0.25, -0.2) is 9.97 Å². The third kappa shape index (κ3) is 3.53. The number of hydrogen-bond acceptors (Lipinski definition) is 7. The lowest BCUT2D eigenvalue weighted by atomic mass is 10.0. The van der Waals surface area contributed by atoms with Crippen molar-refractivity contribution >= 4 is 22.5 Å². The molecule has 3 aromatic rings. The van der Waals surface area contributed by atoms with Crippen LogP contribution in [0.5, 0.6) is 17.2 Å². The van der Waals surface area contributed by atoms with Gasteiger partial charge in [-0.15, -0.1) is 0 Å². The summed E-state index contributed by atoms with van der Waals surface area (Å²) in [6, 6.07) is 7.79. The van der Waals surface area contributed by atoms with Gasteiger partial charge in [0.25, 0.3) is 0 Å². The first-order valence-corrected chi connectivity index (χ1v) is 8.54. The summed E-state index contributed by atoms with van der Waals surface area (Å²) in [5.41, 5.74) is 10.6. The normalized spacial score (nSPS) is 10.7. The summed E-state index contributed by atoms with van der Waals surface area (Å²) >= 11 is 0. The molecule has 7 heteroatoms. The highest BCUT2D eigenvalue weighted by molar-refractivity contribution is 5.86. The number of nitrogen functional groups attached to an aromatic ring is 1. The number of aryl methyl sites for hydroxylation is 2. The van der Waals surface area contributed by atoms with Gasteiger partial charge in [-0.05, 0) is 31.0 Å². The molecule has 2 aromatic carbocycles. The van der Waals surface area contributed by atoms with Crippen molar-refractivity contribution in [2.75, 3.05) is 32.4 Å². The second-order valence-corrected chi connectivity index (χ2v) is 6.18. The van der Waals surface area contributed by atoms with Gasteiger partial charge in [0.05, 0.1) is 32.5 Å². The maximum absolute atomic E-state index is 5.76. The lowest BCUT2D eigenvalue weighted by molar-refractivity contribution is 0.324. The predicted molar refractivity (Wildman–Crippen MR) is 107 cm³/mol. The number of nitrogens with two attached hydrogens (primary N) is 1. The molecule has 1 heterocycles. The highest BCUT2D eigenvalue weighted by Crippen LogP contribution is 2.40. The fourth-order valence-corrected chi connectivity index (χ4v) is 3.24. The fraction of sp³-hybridized carbons (Fsp3) is 0.300. The van der Waals surface area contributed by atoms with E-state index >= 15 is 0 Å². The Morgan fingerprint density at radius 2 is 1.63 bits per heavy atom. The van der Waals surface area contributed by atoms with Gasteiger partial charge >= 0.3 is 0 Å². The number of rotatable bonds is 6. The average molecular weight is 368 g/mol. The highest BCUT2D eigenvalue weighted by Gasteiger charge is 2.14. The molecule has 3 N–H and O–H groups in total. The van der Waals surface area contributed by atoms with Crippen molar-refractivity contribution in [3.63, 3.8) is 0 Å². The number of fused-ring (bicyclic) bond motifs is 1. The van der Waals surface area contributed by atoms with Crippen LogP contribution in [0, 0.1) is 13.8 Å². The Bertz CT molecular complexity index is 964. The number of benzene rings is 2. The molecule has 0 aliphatic rings. The van der Waals surface area contributed by atoms with Crippen LogP contribution in [0.3, 0.4) is 0 Å². The van der Waals surface area contributed by atoms with E-state index in [9.17, 15) is 0 Å². The van der Waals surface area contributed by atoms with Gasteiger partial charge < -0.3 is 25.3 Å². The minimum atomic E-state index is 0.294. The number of ether oxygens (including phenoxy) is 3. The third-order valence-electron chi connectivity index (χ3n) is 4.58. The zero-order chi connectivity index (χ0) is 19.6. The van der Waals surface area contributed by atoms with E-state index in [1.807, 2.05) is 25.1 Å². The average Bonchev–Trinajstić information content (AvgIpc) is 2.65. The standard InChI is InChI=1S/C20H24N4O3/c1-11-13(6-7-15-18(11)12(2)23-20(21)24-15)10-22-14-8-16(25-3)19(27-5)17(9-14)26-4/h6-9,22H,10H2,1-5H3,(H2,21,23,24). The number of hydrogen-bond donors (Lipinski definition) is 2. The molecule has 7 nitrogen and oxygen atoms in total. The minimum absolute atomic E-state index is 0.294. The number of nitrogens with zero attached hydrogens (tertiary/aromatic N) is 2. The van der Waals surface area contributed by atoms with Crippen molar-refractivity contribution in [2.45, 2.75) is 20.4 Å². The molecule has 142 valence electrons. The molecule has 0 saturated heterocycles. The molecular formula is C20H24N4O3. The van der Waals surface area contributed by atoms with Crippen molar-refractivity contribution in [3.8, 4) is 17.2 Å². The topological polar surface area (TPSA) is 91.5 Å². The summed E-state index contributed by atoms with van der Waals surface area (Å²) in [5, 5.41) is 4.45. The quantitative estimate of drug-likeness (QED) is 0.688. The SMILES string of the molecule is COc1cc(NCc2ccc3nc(N)nc(C)c3c2C)cc(OC)c1OC. The summed E-state index contributed by atoms with van der Waals surface area (Å²) in [5.74, 6) is 2.07. The molecule has 0 aliphatic carbocycles. The van der Waals surface area contributed by atoms with Crippen LogP contribution in [0.4, 0.5) is 11.6 Å². The van der Waals surface area contributed by atoms with Gasteiger partial charge in [0.2, 0.25) is 11.7 Å². The van der Waals surface area contributed by atoms with Crippen LogP contribution in [0.25, 0.3) is 10.9 Å². The molecular weight excluding hydrogens is 344 g/mol. The molecule has 1 aromatic heterocycles. The van der Waals surface area contributed by atoms with E-state index in [0.29, 0.717) is 29.7 Å². The Morgan fingerprint density at radius 3 is 2.22 bits per heavy atom. The largest absolute Gasteiger partial charge is 0.493 e. The summed E-state index contributed by atoms with van der Waals surface area (Å²) < 4.78 is 16.2. The summed E-state index contributed by atoms with van der Waals surface area (Å²) in [7, 11) is 4.79. The van der Waals surface area contributed by atoms with E-state index < -0.39 is 0 Å². The number of aromatic nitrogens is 2. The van der Waals surface area contributed by atoms with Gasteiger partial charge in [-0.1, -0.05) is 6.07 Å². The Hall–Kier alpha value is -3.22. The molecule has 0 spiro atoms. The van der Waals surface area contributed by atoms with Crippen LogP contribution < -0.4 is 25.3 Å². The van der Waals surface area contributed by atoms with Gasteiger partial charge in [-0.3, -0.25) is 0 Å². The van der Waals surface area contributed by atoms with Crippen molar-refractivity contribution in [2.24, 2.45) is 0 Å². The first kappa shape index (κ1) is 18.6. The van der Waals surface area contributed by atoms with Gasteiger partial charge in [0, 0.05) is 29.8 Å². The monoisotopic (exact) mass is 368 g/mol. The molecule has 0 fully saturated rings. The summed E-state index contributed by atoms with van der Waals surface area (Å²) in [6.07, 6.45) is 0. The fourth-order valence-electron chi connectivity index (χ4n) is 3.24. The Balaban J connectivity index is 1.92. The van der Waals surface area contributed by atoms with E-state index in [1.54, 1.807) is 21.3 Å². The highest BCUT2D eigenvalue weighted by atomic mass is 16.5. The van der Waals surface area contributed by atoms with Crippen molar-refractivity contribution in [3.05, 3.63) is 41.1 Å². The van der Waals surface area contributed by atoms with Gasteiger partial charge in [-0.2, -0.15) is 0 Å². The first-order valence-electron chi connectivity index (χ1n) is 8.54. The van der Waals surface area contributed by atoms with E-state index in [0.717, 1.165) is 33.4 Å². The Labute approximate surface area is 158 Å². The zero-order valence-electron chi connectivity index (χ0n) is 16.2. The van der Waals surface area contributed by atoms with Crippen molar-refractivity contribution < 1.29 is 14.2 Å². The molecule has 0 aliphatic heterocycles. The summed E-state index contributed by atoms with van der Waals surface area (Å²) in [6.45, 7) is 4.65. The van der Waals surface area contributed by atoms with Crippen LogP contribution >= 0.6 is 0 Å². The molecule has 0 amide bonds. The Kier molecular flexibility index (Phi) is 5.21. The minimum Gasteiger partial charge on any atom is -0.493 e. The maximum Gasteiger partial charge on any atom is 0.220 e. The summed E-state index contributed by atoms with van der Waals surface area (Å²) in [4.78, 5) is 8.61. The molecule has 3 rings (SSSR count). The molecule has 0 atom stereocenters. The molecule has 0 radical (unpaired) electrons. The van der Waals surface area contributed by atoms with E-state index in [4.69, 9.17) is 19.9 Å². The van der Waals surface area contributed by atoms with Crippen molar-refractivity contribution in [1.29, 1.82) is 0 Å². The zero-order valence-corrected chi connectivity index (χ0v) is 16.2. The molecule has 0 unspecified atom stereocenters. The third-order valence-corrected chi connectivity index (χ3v) is 4.58. The van der Waals surface area contributed by atoms with Crippen LogP contribution in [-0.2, 0) is 6.54 Å². The van der Waals surface area contributed by atoms with Crippen LogP contribution in [0.1, 0.15) is 16.8 Å². The van der Waals surface area contributed by atoms with Crippen LogP contribution in [-0.4, -0.2) is 31.3 Å². The van der Waals surface area contributed by atoms with Gasteiger partial charge in [0.15, 0.2) is 11.5 Å². The lowest BCUT2D eigenvalue weighted by Crippen LogP contribution is -2.05. The molecule has 0 saturated carbocycles.